The number of hydrogen-bond donors (Lipinski definition) is 1. The first kappa shape index (κ1) is 18.4. The van der Waals surface area contributed by atoms with Crippen LogP contribution in [0, 0.1) is 10.1 Å². The number of aromatic nitrogens is 2. The summed E-state index contributed by atoms with van der Waals surface area (Å²) in [7, 11) is 0. The summed E-state index contributed by atoms with van der Waals surface area (Å²) in [5.41, 5.74) is -0.567. The van der Waals surface area contributed by atoms with Gasteiger partial charge >= 0.3 is 11.8 Å². The average Bonchev–Trinajstić information content (AvgIpc) is 2.40. The first-order valence-electron chi connectivity index (χ1n) is 5.69. The highest BCUT2D eigenvalue weighted by Gasteiger charge is 2.25. The number of carbonyl (C=O) groups is 1. The normalized spacial score (nSPS) is 9.25. The Morgan fingerprint density at radius 2 is 2.10 bits per heavy atom. The molecule has 0 saturated carbocycles. The predicted octanol–water partition coefficient (Wildman–Crippen LogP) is 3.35. The summed E-state index contributed by atoms with van der Waals surface area (Å²) >= 11 is 6.81. The van der Waals surface area contributed by atoms with Gasteiger partial charge in [0, 0.05) is 0 Å². The van der Waals surface area contributed by atoms with E-state index in [9.17, 15) is 14.9 Å². The smallest absolute Gasteiger partial charge is 0.412 e. The van der Waals surface area contributed by atoms with Crippen LogP contribution < -0.4 is 5.32 Å². The molecule has 1 amide bonds. The number of nitrogens with one attached hydrogen (secondary N) is 1. The van der Waals surface area contributed by atoms with Gasteiger partial charge in [-0.1, -0.05) is 37.2 Å². The number of nitro groups is 1. The van der Waals surface area contributed by atoms with Crippen molar-refractivity contribution in [1.29, 1.82) is 0 Å². The van der Waals surface area contributed by atoms with Gasteiger partial charge in [-0.2, -0.15) is 4.98 Å². The second kappa shape index (κ2) is 9.32. The molecule has 1 aromatic heterocycles. The highest BCUT2D eigenvalue weighted by Crippen LogP contribution is 2.31. The molecule has 20 heavy (non-hydrogen) atoms. The molecule has 1 heterocycles. The van der Waals surface area contributed by atoms with Crippen molar-refractivity contribution in [1.82, 2.24) is 9.97 Å². The molecule has 0 aliphatic heterocycles. The molecular formula is C10H15ClN4O4S. The summed E-state index contributed by atoms with van der Waals surface area (Å²) < 4.78 is 4.61. The molecule has 0 aliphatic carbocycles. The molecule has 0 atom stereocenters. The first-order valence-corrected chi connectivity index (χ1v) is 7.29. The second-order valence-corrected chi connectivity index (χ2v) is 3.93. The van der Waals surface area contributed by atoms with Gasteiger partial charge in [-0.3, -0.25) is 15.4 Å². The third-order valence-electron chi connectivity index (χ3n) is 1.68. The molecule has 0 bridgehead atoms. The lowest BCUT2D eigenvalue weighted by Gasteiger charge is -2.06. The number of rotatable bonds is 4. The number of hydrogen-bond acceptors (Lipinski definition) is 7. The fourth-order valence-corrected chi connectivity index (χ4v) is 1.67. The Morgan fingerprint density at radius 3 is 2.55 bits per heavy atom. The zero-order chi connectivity index (χ0) is 15.7. The highest BCUT2D eigenvalue weighted by atomic mass is 35.5. The second-order valence-electron chi connectivity index (χ2n) is 2.80. The summed E-state index contributed by atoms with van der Waals surface area (Å²) in [5, 5.41) is 12.8. The van der Waals surface area contributed by atoms with Gasteiger partial charge in [0.05, 0.1) is 11.5 Å². The maximum Gasteiger partial charge on any atom is 0.412 e. The van der Waals surface area contributed by atoms with Crippen molar-refractivity contribution in [3.8, 4) is 0 Å². The number of nitrogens with zero attached hydrogens (tertiary/aromatic N) is 3. The van der Waals surface area contributed by atoms with Crippen LogP contribution in [0.1, 0.15) is 20.8 Å². The minimum absolute atomic E-state index is 0.133. The van der Waals surface area contributed by atoms with Gasteiger partial charge in [0.15, 0.2) is 5.16 Å². The third kappa shape index (κ3) is 5.17. The quantitative estimate of drug-likeness (QED) is 0.298. The van der Waals surface area contributed by atoms with Gasteiger partial charge in [0.1, 0.15) is 0 Å². The van der Waals surface area contributed by atoms with Crippen LogP contribution in [-0.4, -0.2) is 33.8 Å². The van der Waals surface area contributed by atoms with Gasteiger partial charge in [-0.15, -0.1) is 0 Å². The van der Waals surface area contributed by atoms with Crippen LogP contribution in [0.4, 0.5) is 16.3 Å². The number of anilines is 1. The van der Waals surface area contributed by atoms with Crippen molar-refractivity contribution in [2.75, 3.05) is 18.2 Å². The van der Waals surface area contributed by atoms with Gasteiger partial charge in [-0.25, -0.2) is 9.78 Å². The molecule has 0 radical (unpaired) electrons. The Hall–Kier alpha value is -1.61. The van der Waals surface area contributed by atoms with Crippen LogP contribution in [0.2, 0.25) is 5.15 Å². The summed E-state index contributed by atoms with van der Waals surface area (Å²) in [5.74, 6) is -0.289. The van der Waals surface area contributed by atoms with Crippen LogP contribution in [0.15, 0.2) is 5.16 Å². The van der Waals surface area contributed by atoms with E-state index in [-0.39, 0.29) is 22.7 Å². The number of thioether (sulfide) groups is 1. The van der Waals surface area contributed by atoms with Gasteiger partial charge in [0.2, 0.25) is 11.0 Å². The molecule has 10 heteroatoms. The first-order chi connectivity index (χ1) is 9.49. The van der Waals surface area contributed by atoms with Crippen molar-refractivity contribution in [3.05, 3.63) is 15.3 Å². The molecule has 1 N–H and O–H groups in total. The standard InChI is InChI=1S/C8H9ClN4O4S.C2H6/c1-3-17-8(14)12-6-4(13(15)16)5(9)10-7(11-6)18-2;1-2/h3H2,1-2H3,(H,10,11,12,14);1-2H3. The molecule has 0 unspecified atom stereocenters. The Kier molecular flexibility index (Phi) is 8.57. The van der Waals surface area contributed by atoms with Crippen molar-refractivity contribution < 1.29 is 14.5 Å². The lowest BCUT2D eigenvalue weighted by molar-refractivity contribution is -0.384. The van der Waals surface area contributed by atoms with Crippen LogP contribution in [-0.2, 0) is 4.74 Å². The van der Waals surface area contributed by atoms with E-state index < -0.39 is 16.7 Å². The minimum atomic E-state index is -0.845. The van der Waals surface area contributed by atoms with E-state index in [1.165, 1.54) is 0 Å². The monoisotopic (exact) mass is 322 g/mol. The molecule has 0 spiro atoms. The van der Waals surface area contributed by atoms with E-state index in [4.69, 9.17) is 11.6 Å². The van der Waals surface area contributed by atoms with Crippen molar-refractivity contribution in [2.45, 2.75) is 25.9 Å². The number of amides is 1. The Balaban J connectivity index is 0.00000172. The van der Waals surface area contributed by atoms with Crippen LogP contribution >= 0.6 is 23.4 Å². The Labute approximate surface area is 125 Å². The zero-order valence-corrected chi connectivity index (χ0v) is 13.0. The summed E-state index contributed by atoms with van der Waals surface area (Å²) in [4.78, 5) is 28.8. The lowest BCUT2D eigenvalue weighted by Crippen LogP contribution is -2.16. The van der Waals surface area contributed by atoms with E-state index in [0.29, 0.717) is 0 Å². The van der Waals surface area contributed by atoms with E-state index in [1.807, 2.05) is 13.8 Å². The van der Waals surface area contributed by atoms with Crippen LogP contribution in [0.3, 0.4) is 0 Å². The SMILES string of the molecule is CC.CCOC(=O)Nc1nc(SC)nc(Cl)c1[N+](=O)[O-]. The van der Waals surface area contributed by atoms with Crippen molar-refractivity contribution in [2.24, 2.45) is 0 Å². The van der Waals surface area contributed by atoms with Gasteiger partial charge in [-0.05, 0) is 13.2 Å². The van der Waals surface area contributed by atoms with Crippen LogP contribution in [0.25, 0.3) is 0 Å². The van der Waals surface area contributed by atoms with E-state index in [0.717, 1.165) is 11.8 Å². The molecular weight excluding hydrogens is 308 g/mol. The highest BCUT2D eigenvalue weighted by molar-refractivity contribution is 7.98. The fourth-order valence-electron chi connectivity index (χ4n) is 1.01. The Bertz CT molecular complexity index is 487. The lowest BCUT2D eigenvalue weighted by atomic mass is 10.5. The van der Waals surface area contributed by atoms with Crippen molar-refractivity contribution in [3.63, 3.8) is 0 Å². The van der Waals surface area contributed by atoms with E-state index in [2.05, 4.69) is 20.0 Å². The number of ether oxygens (including phenoxy) is 1. The third-order valence-corrected chi connectivity index (χ3v) is 2.49. The maximum atomic E-state index is 11.2. The summed E-state index contributed by atoms with van der Waals surface area (Å²) in [6.07, 6.45) is 0.827. The maximum absolute atomic E-state index is 11.2. The molecule has 1 aromatic rings. The van der Waals surface area contributed by atoms with E-state index in [1.54, 1.807) is 13.2 Å². The largest absolute Gasteiger partial charge is 0.450 e. The zero-order valence-electron chi connectivity index (χ0n) is 11.5. The fraction of sp³-hybridized carbons (Fsp3) is 0.500. The van der Waals surface area contributed by atoms with Crippen LogP contribution in [0.5, 0.6) is 0 Å². The molecule has 1 rings (SSSR count). The van der Waals surface area contributed by atoms with E-state index >= 15 is 0 Å². The summed E-state index contributed by atoms with van der Waals surface area (Å²) in [6.45, 7) is 5.74. The summed E-state index contributed by atoms with van der Waals surface area (Å²) in [6, 6.07) is 0. The molecule has 0 aromatic carbocycles. The molecule has 0 aliphatic rings. The topological polar surface area (TPSA) is 107 Å². The number of halogens is 1. The minimum Gasteiger partial charge on any atom is -0.450 e. The van der Waals surface area contributed by atoms with Gasteiger partial charge in [0.25, 0.3) is 0 Å². The predicted molar refractivity (Wildman–Crippen MR) is 77.5 cm³/mol. The van der Waals surface area contributed by atoms with Gasteiger partial charge < -0.3 is 4.74 Å². The molecule has 112 valence electrons. The Morgan fingerprint density at radius 1 is 1.50 bits per heavy atom. The van der Waals surface area contributed by atoms with Crippen molar-refractivity contribution >= 4 is 41.0 Å². The molecule has 0 fully saturated rings. The number of carbonyl (C=O) groups excluding carboxylic acids is 1. The molecule has 8 nitrogen and oxygen atoms in total. The molecule has 0 saturated heterocycles. The average molecular weight is 323 g/mol.